The smallest absolute Gasteiger partial charge is 0.274 e. The number of pyridine rings is 1. The monoisotopic (exact) mass is 284 g/mol. The van der Waals surface area contributed by atoms with Crippen molar-refractivity contribution in [3.05, 3.63) is 40.2 Å². The van der Waals surface area contributed by atoms with Gasteiger partial charge in [-0.1, -0.05) is 23.2 Å². The van der Waals surface area contributed by atoms with Gasteiger partial charge in [-0.25, -0.2) is 9.97 Å². The van der Waals surface area contributed by atoms with Gasteiger partial charge in [-0.2, -0.15) is 0 Å². The summed E-state index contributed by atoms with van der Waals surface area (Å²) in [4.78, 5) is 19.8. The van der Waals surface area contributed by atoms with E-state index in [0.29, 0.717) is 11.4 Å². The topological polar surface area (TPSA) is 59.8 Å². The van der Waals surface area contributed by atoms with Crippen molar-refractivity contribution in [1.29, 1.82) is 0 Å². The van der Waals surface area contributed by atoms with Crippen LogP contribution in [0.4, 0.5) is 5.69 Å². The van der Waals surface area contributed by atoms with Crippen LogP contribution in [0.2, 0.25) is 10.3 Å². The molecule has 0 unspecified atom stereocenters. The van der Waals surface area contributed by atoms with Crippen LogP contribution in [-0.4, -0.2) is 20.4 Å². The van der Waals surface area contributed by atoms with Crippen molar-refractivity contribution in [3.63, 3.8) is 0 Å². The predicted octanol–water partition coefficient (Wildman–Crippen LogP) is 2.68. The third-order valence-corrected chi connectivity index (χ3v) is 2.90. The molecule has 0 aromatic carbocycles. The maximum absolute atomic E-state index is 12.0. The lowest BCUT2D eigenvalue weighted by Crippen LogP contribution is -2.16. The van der Waals surface area contributed by atoms with Gasteiger partial charge in [-0.15, -0.1) is 0 Å². The van der Waals surface area contributed by atoms with Gasteiger partial charge in [0.2, 0.25) is 0 Å². The first-order valence-electron chi connectivity index (χ1n) is 5.09. The summed E-state index contributed by atoms with van der Waals surface area (Å²) in [5.41, 5.74) is 1.63. The zero-order chi connectivity index (χ0) is 13.3. The standard InChI is InChI=1S/C11H10Cl2N4O/c1-6-3-8(12)15-10(13)9(6)16-11(18)7-4-14-5-17(7)2/h3-5H,1-2H3,(H,16,18). The average molecular weight is 285 g/mol. The molecule has 2 heterocycles. The van der Waals surface area contributed by atoms with Crippen molar-refractivity contribution in [2.75, 3.05) is 5.32 Å². The lowest BCUT2D eigenvalue weighted by molar-refractivity contribution is 0.101. The van der Waals surface area contributed by atoms with Crippen LogP contribution in [0.15, 0.2) is 18.6 Å². The Kier molecular flexibility index (Phi) is 3.54. The van der Waals surface area contributed by atoms with E-state index in [1.807, 2.05) is 0 Å². The summed E-state index contributed by atoms with van der Waals surface area (Å²) < 4.78 is 1.61. The van der Waals surface area contributed by atoms with Crippen molar-refractivity contribution >= 4 is 34.8 Å². The molecule has 2 aromatic rings. The summed E-state index contributed by atoms with van der Waals surface area (Å²) in [5.74, 6) is -0.302. The summed E-state index contributed by atoms with van der Waals surface area (Å²) in [6.45, 7) is 1.79. The molecule has 1 N–H and O–H groups in total. The first-order valence-corrected chi connectivity index (χ1v) is 5.85. The van der Waals surface area contributed by atoms with Crippen LogP contribution < -0.4 is 5.32 Å². The van der Waals surface area contributed by atoms with Crippen LogP contribution in [0.25, 0.3) is 0 Å². The Hall–Kier alpha value is -1.59. The Morgan fingerprint density at radius 2 is 2.17 bits per heavy atom. The molecule has 0 radical (unpaired) electrons. The Morgan fingerprint density at radius 3 is 2.72 bits per heavy atom. The molecule has 1 amide bonds. The van der Waals surface area contributed by atoms with Gasteiger partial charge < -0.3 is 9.88 Å². The highest BCUT2D eigenvalue weighted by atomic mass is 35.5. The fourth-order valence-corrected chi connectivity index (χ4v) is 2.08. The summed E-state index contributed by atoms with van der Waals surface area (Å²) >= 11 is 11.7. The third kappa shape index (κ3) is 2.47. The average Bonchev–Trinajstić information content (AvgIpc) is 2.69. The minimum Gasteiger partial charge on any atom is -0.330 e. The number of aryl methyl sites for hydroxylation is 2. The Bertz CT molecular complexity index is 586. The number of aromatic nitrogens is 3. The van der Waals surface area contributed by atoms with Gasteiger partial charge in [0, 0.05) is 7.05 Å². The molecule has 0 saturated carbocycles. The number of carbonyl (C=O) groups excluding carboxylic acids is 1. The summed E-state index contributed by atoms with van der Waals surface area (Å²) in [6.07, 6.45) is 3.02. The number of imidazole rings is 1. The molecule has 0 aliphatic rings. The van der Waals surface area contributed by atoms with Crippen LogP contribution in [0.5, 0.6) is 0 Å². The number of anilines is 1. The van der Waals surface area contributed by atoms with Crippen molar-refractivity contribution in [2.24, 2.45) is 7.05 Å². The molecule has 7 heteroatoms. The van der Waals surface area contributed by atoms with Crippen LogP contribution in [-0.2, 0) is 7.05 Å². The second kappa shape index (κ2) is 4.96. The molecular weight excluding hydrogens is 275 g/mol. The van der Waals surface area contributed by atoms with Gasteiger partial charge in [-0.3, -0.25) is 4.79 Å². The highest BCUT2D eigenvalue weighted by Crippen LogP contribution is 2.26. The van der Waals surface area contributed by atoms with Crippen LogP contribution in [0, 0.1) is 6.92 Å². The van der Waals surface area contributed by atoms with Gasteiger partial charge in [-0.05, 0) is 18.6 Å². The molecule has 0 aliphatic heterocycles. The second-order valence-corrected chi connectivity index (χ2v) is 4.52. The summed E-state index contributed by atoms with van der Waals surface area (Å²) in [6, 6.07) is 1.63. The minimum atomic E-state index is -0.302. The Morgan fingerprint density at radius 1 is 1.44 bits per heavy atom. The van der Waals surface area contributed by atoms with Gasteiger partial charge in [0.1, 0.15) is 10.8 Å². The number of hydrogen-bond acceptors (Lipinski definition) is 3. The molecule has 94 valence electrons. The summed E-state index contributed by atoms with van der Waals surface area (Å²) in [7, 11) is 1.73. The third-order valence-electron chi connectivity index (χ3n) is 2.43. The van der Waals surface area contributed by atoms with Gasteiger partial charge >= 0.3 is 0 Å². The second-order valence-electron chi connectivity index (χ2n) is 3.77. The molecule has 2 aromatic heterocycles. The molecule has 5 nitrogen and oxygen atoms in total. The van der Waals surface area contributed by atoms with Crippen molar-refractivity contribution in [1.82, 2.24) is 14.5 Å². The zero-order valence-corrected chi connectivity index (χ0v) is 11.2. The number of amides is 1. The fraction of sp³-hybridized carbons (Fsp3) is 0.182. The number of rotatable bonds is 2. The predicted molar refractivity (Wildman–Crippen MR) is 70.2 cm³/mol. The first-order chi connectivity index (χ1) is 8.49. The number of nitrogens with one attached hydrogen (secondary N) is 1. The van der Waals surface area contributed by atoms with E-state index in [0.717, 1.165) is 5.56 Å². The molecule has 0 bridgehead atoms. The highest BCUT2D eigenvalue weighted by molar-refractivity contribution is 6.35. The van der Waals surface area contributed by atoms with E-state index in [4.69, 9.17) is 23.2 Å². The largest absolute Gasteiger partial charge is 0.330 e. The lowest BCUT2D eigenvalue weighted by atomic mass is 10.2. The molecule has 0 fully saturated rings. The molecule has 0 atom stereocenters. The van der Waals surface area contributed by atoms with Gasteiger partial charge in [0.05, 0.1) is 18.2 Å². The minimum absolute atomic E-state index is 0.163. The molecule has 2 rings (SSSR count). The van der Waals surface area contributed by atoms with Crippen LogP contribution in [0.1, 0.15) is 16.1 Å². The maximum Gasteiger partial charge on any atom is 0.274 e. The van der Waals surface area contributed by atoms with Crippen molar-refractivity contribution in [3.8, 4) is 0 Å². The molecular formula is C11H10Cl2N4O. The molecule has 0 aliphatic carbocycles. The first kappa shape index (κ1) is 12.9. The summed E-state index contributed by atoms with van der Waals surface area (Å²) in [5, 5.41) is 3.15. The van der Waals surface area contributed by atoms with Crippen LogP contribution in [0.3, 0.4) is 0 Å². The number of carbonyl (C=O) groups is 1. The van der Waals surface area contributed by atoms with E-state index >= 15 is 0 Å². The highest BCUT2D eigenvalue weighted by Gasteiger charge is 2.14. The number of halogens is 2. The van der Waals surface area contributed by atoms with Crippen LogP contribution >= 0.6 is 23.2 Å². The SMILES string of the molecule is Cc1cc(Cl)nc(Cl)c1NC(=O)c1cncn1C. The van der Waals surface area contributed by atoms with E-state index in [1.165, 1.54) is 6.20 Å². The number of nitrogens with zero attached hydrogens (tertiary/aromatic N) is 3. The van der Waals surface area contributed by atoms with E-state index in [9.17, 15) is 4.79 Å². The van der Waals surface area contributed by atoms with Gasteiger partial charge in [0.25, 0.3) is 5.91 Å². The fourth-order valence-electron chi connectivity index (χ4n) is 1.50. The zero-order valence-electron chi connectivity index (χ0n) is 9.74. The Labute approximate surface area is 114 Å². The van der Waals surface area contributed by atoms with Crippen molar-refractivity contribution in [2.45, 2.75) is 6.92 Å². The molecule has 0 spiro atoms. The lowest BCUT2D eigenvalue weighted by Gasteiger charge is -2.10. The molecule has 0 saturated heterocycles. The van der Waals surface area contributed by atoms with E-state index in [1.54, 1.807) is 30.9 Å². The maximum atomic E-state index is 12.0. The normalized spacial score (nSPS) is 10.4. The quantitative estimate of drug-likeness (QED) is 0.863. The Balaban J connectivity index is 2.31. The molecule has 18 heavy (non-hydrogen) atoms. The van der Waals surface area contributed by atoms with E-state index in [-0.39, 0.29) is 16.2 Å². The van der Waals surface area contributed by atoms with E-state index < -0.39 is 0 Å². The van der Waals surface area contributed by atoms with E-state index in [2.05, 4.69) is 15.3 Å². The van der Waals surface area contributed by atoms with Crippen molar-refractivity contribution < 1.29 is 4.79 Å². The number of hydrogen-bond donors (Lipinski definition) is 1. The van der Waals surface area contributed by atoms with Gasteiger partial charge in [0.15, 0.2) is 5.15 Å².